The topological polar surface area (TPSA) is 26.3 Å². The Balaban J connectivity index is 2.85. The quantitative estimate of drug-likeness (QED) is 0.766. The lowest BCUT2D eigenvalue weighted by atomic mass is 10.1. The van der Waals surface area contributed by atoms with Gasteiger partial charge in [0.2, 0.25) is 0 Å². The van der Waals surface area contributed by atoms with Gasteiger partial charge in [0.1, 0.15) is 0 Å². The Kier molecular flexibility index (Phi) is 2.92. The number of carbonyl (C=O) groups excluding carboxylic acids is 1. The zero-order chi connectivity index (χ0) is 11.7. The molecule has 16 heavy (non-hydrogen) atoms. The summed E-state index contributed by atoms with van der Waals surface area (Å²) in [7, 11) is 1.43. The summed E-state index contributed by atoms with van der Waals surface area (Å²) in [5.74, 6) is -0.165. The van der Waals surface area contributed by atoms with Gasteiger partial charge in [-0.15, -0.1) is 11.3 Å². The second kappa shape index (κ2) is 4.22. The Morgan fingerprint density at radius 1 is 1.50 bits per heavy atom. The number of fused-ring (bicyclic) bond motifs is 1. The minimum atomic E-state index is -0.392. The van der Waals surface area contributed by atoms with Crippen LogP contribution in [-0.2, 0) is 6.42 Å². The third-order valence-electron chi connectivity index (χ3n) is 2.56. The molecule has 0 spiro atoms. The number of thiophene rings is 1. The van der Waals surface area contributed by atoms with Crippen LogP contribution in [0.15, 0.2) is 12.1 Å². The number of hydrogen-bond acceptors (Lipinski definition) is 3. The molecule has 0 aliphatic heterocycles. The van der Waals surface area contributed by atoms with Gasteiger partial charge in [0.15, 0.2) is 17.9 Å². The molecule has 0 unspecified atom stereocenters. The van der Waals surface area contributed by atoms with Crippen molar-refractivity contribution in [2.45, 2.75) is 13.3 Å². The lowest BCUT2D eigenvalue weighted by Gasteiger charge is -2.03. The Bertz CT molecular complexity index is 545. The molecule has 2 rings (SSSR count). The molecule has 4 heteroatoms. The van der Waals surface area contributed by atoms with Crippen LogP contribution < -0.4 is 4.74 Å². The molecule has 0 saturated carbocycles. The maximum atomic E-state index is 13.5. The van der Waals surface area contributed by atoms with Crippen molar-refractivity contribution in [3.8, 4) is 5.75 Å². The van der Waals surface area contributed by atoms with Crippen LogP contribution in [-0.4, -0.2) is 13.4 Å². The van der Waals surface area contributed by atoms with E-state index in [4.69, 9.17) is 4.74 Å². The molecule has 0 fully saturated rings. The molecule has 1 aromatic carbocycles. The monoisotopic (exact) mass is 238 g/mol. The zero-order valence-electron chi connectivity index (χ0n) is 9.04. The summed E-state index contributed by atoms with van der Waals surface area (Å²) in [5, 5.41) is 0.910. The highest BCUT2D eigenvalue weighted by atomic mass is 32.1. The molecule has 2 aromatic rings. The normalized spacial score (nSPS) is 10.7. The SMILES string of the molecule is CCc1c(C=O)sc2c(OC)c(F)ccc12. The fraction of sp³-hybridized carbons (Fsp3) is 0.250. The molecule has 0 saturated heterocycles. The molecule has 1 heterocycles. The highest BCUT2D eigenvalue weighted by Crippen LogP contribution is 2.38. The van der Waals surface area contributed by atoms with Crippen LogP contribution in [0, 0.1) is 5.82 Å². The third-order valence-corrected chi connectivity index (χ3v) is 3.74. The first-order valence-electron chi connectivity index (χ1n) is 4.96. The summed E-state index contributed by atoms with van der Waals surface area (Å²) >= 11 is 1.28. The number of benzene rings is 1. The van der Waals surface area contributed by atoms with Crippen molar-refractivity contribution in [1.82, 2.24) is 0 Å². The van der Waals surface area contributed by atoms with Crippen LogP contribution >= 0.6 is 11.3 Å². The molecule has 0 aliphatic carbocycles. The van der Waals surface area contributed by atoms with E-state index in [-0.39, 0.29) is 5.75 Å². The van der Waals surface area contributed by atoms with Crippen molar-refractivity contribution in [2.75, 3.05) is 7.11 Å². The summed E-state index contributed by atoms with van der Waals surface area (Å²) in [4.78, 5) is 11.6. The predicted molar refractivity (Wildman–Crippen MR) is 63.1 cm³/mol. The highest BCUT2D eigenvalue weighted by Gasteiger charge is 2.16. The summed E-state index contributed by atoms with van der Waals surface area (Å²) in [6, 6.07) is 3.08. The van der Waals surface area contributed by atoms with Crippen molar-refractivity contribution in [3.05, 3.63) is 28.4 Å². The van der Waals surface area contributed by atoms with E-state index in [1.54, 1.807) is 6.07 Å². The fourth-order valence-electron chi connectivity index (χ4n) is 1.83. The highest BCUT2D eigenvalue weighted by molar-refractivity contribution is 7.21. The molecule has 0 aliphatic rings. The predicted octanol–water partition coefficient (Wildman–Crippen LogP) is 3.42. The van der Waals surface area contributed by atoms with Crippen molar-refractivity contribution >= 4 is 27.7 Å². The first-order valence-corrected chi connectivity index (χ1v) is 5.77. The van der Waals surface area contributed by atoms with Crippen LogP contribution in [0.4, 0.5) is 4.39 Å². The molecule has 0 bridgehead atoms. The molecular weight excluding hydrogens is 227 g/mol. The summed E-state index contributed by atoms with van der Waals surface area (Å²) in [5.41, 5.74) is 0.966. The molecule has 84 valence electrons. The molecule has 0 amide bonds. The van der Waals surface area contributed by atoms with E-state index in [1.165, 1.54) is 24.5 Å². The average molecular weight is 238 g/mol. The molecule has 0 N–H and O–H groups in total. The summed E-state index contributed by atoms with van der Waals surface area (Å²) in [6.07, 6.45) is 1.57. The first kappa shape index (κ1) is 11.1. The van der Waals surface area contributed by atoms with Crippen molar-refractivity contribution in [3.63, 3.8) is 0 Å². The number of halogens is 1. The van der Waals surface area contributed by atoms with E-state index in [0.29, 0.717) is 9.58 Å². The van der Waals surface area contributed by atoms with Gasteiger partial charge in [0, 0.05) is 5.39 Å². The minimum Gasteiger partial charge on any atom is -0.492 e. The summed E-state index contributed by atoms with van der Waals surface area (Å²) < 4.78 is 19.2. The molecule has 1 aromatic heterocycles. The van der Waals surface area contributed by atoms with Crippen molar-refractivity contribution in [1.29, 1.82) is 0 Å². The van der Waals surface area contributed by atoms with Gasteiger partial charge in [-0.2, -0.15) is 0 Å². The Labute approximate surface area is 96.7 Å². The van der Waals surface area contributed by atoms with Crippen LogP contribution in [0.1, 0.15) is 22.2 Å². The maximum Gasteiger partial charge on any atom is 0.172 e. The van der Waals surface area contributed by atoms with Crippen molar-refractivity contribution < 1.29 is 13.9 Å². The lowest BCUT2D eigenvalue weighted by molar-refractivity contribution is 0.112. The molecule has 0 radical (unpaired) electrons. The molecule has 2 nitrogen and oxygen atoms in total. The van der Waals surface area contributed by atoms with Gasteiger partial charge in [-0.3, -0.25) is 4.79 Å². The van der Waals surface area contributed by atoms with Crippen LogP contribution in [0.25, 0.3) is 10.1 Å². The third kappa shape index (κ3) is 1.50. The number of carbonyl (C=O) groups is 1. The minimum absolute atomic E-state index is 0.227. The van der Waals surface area contributed by atoms with E-state index < -0.39 is 5.82 Å². The van der Waals surface area contributed by atoms with E-state index in [0.717, 1.165) is 23.7 Å². The van der Waals surface area contributed by atoms with Crippen LogP contribution in [0.5, 0.6) is 5.75 Å². The van der Waals surface area contributed by atoms with Gasteiger partial charge in [-0.25, -0.2) is 4.39 Å². The average Bonchev–Trinajstić information content (AvgIpc) is 2.66. The number of ether oxygens (including phenoxy) is 1. The Morgan fingerprint density at radius 3 is 2.81 bits per heavy atom. The number of methoxy groups -OCH3 is 1. The van der Waals surface area contributed by atoms with Gasteiger partial charge in [0.25, 0.3) is 0 Å². The maximum absolute atomic E-state index is 13.5. The first-order chi connectivity index (χ1) is 7.72. The standard InChI is InChI=1S/C12H11FO2S/c1-3-7-8-4-5-9(13)11(15-2)12(8)16-10(7)6-14/h4-6H,3H2,1-2H3. The molecular formula is C12H11FO2S. The van der Waals surface area contributed by atoms with Crippen molar-refractivity contribution in [2.24, 2.45) is 0 Å². The number of rotatable bonds is 3. The summed E-state index contributed by atoms with van der Waals surface area (Å²) in [6.45, 7) is 1.98. The van der Waals surface area contributed by atoms with Gasteiger partial charge in [0.05, 0.1) is 16.7 Å². The van der Waals surface area contributed by atoms with Gasteiger partial charge < -0.3 is 4.74 Å². The van der Waals surface area contributed by atoms with Crippen LogP contribution in [0.3, 0.4) is 0 Å². The smallest absolute Gasteiger partial charge is 0.172 e. The lowest BCUT2D eigenvalue weighted by Crippen LogP contribution is -1.88. The zero-order valence-corrected chi connectivity index (χ0v) is 9.86. The van der Waals surface area contributed by atoms with Crippen LogP contribution in [0.2, 0.25) is 0 Å². The number of hydrogen-bond donors (Lipinski definition) is 0. The van der Waals surface area contributed by atoms with E-state index in [9.17, 15) is 9.18 Å². The largest absolute Gasteiger partial charge is 0.492 e. The Hall–Kier alpha value is -1.42. The Morgan fingerprint density at radius 2 is 2.25 bits per heavy atom. The molecule has 0 atom stereocenters. The fourth-order valence-corrected chi connectivity index (χ4v) is 3.05. The van der Waals surface area contributed by atoms with Gasteiger partial charge >= 0.3 is 0 Å². The van der Waals surface area contributed by atoms with E-state index in [2.05, 4.69) is 0 Å². The second-order valence-corrected chi connectivity index (χ2v) is 4.43. The van der Waals surface area contributed by atoms with Gasteiger partial charge in [-0.1, -0.05) is 13.0 Å². The van der Waals surface area contributed by atoms with E-state index in [1.807, 2.05) is 6.92 Å². The van der Waals surface area contributed by atoms with Gasteiger partial charge in [-0.05, 0) is 18.1 Å². The van der Waals surface area contributed by atoms with E-state index >= 15 is 0 Å². The number of aldehydes is 1. The number of aryl methyl sites for hydroxylation is 1. The second-order valence-electron chi connectivity index (χ2n) is 3.37.